The predicted molar refractivity (Wildman–Crippen MR) is 154 cm³/mol. The Balaban J connectivity index is 1.22. The zero-order valence-electron chi connectivity index (χ0n) is 23.4. The molecule has 0 radical (unpaired) electrons. The Hall–Kier alpha value is -4.86. The van der Waals surface area contributed by atoms with E-state index in [1.807, 2.05) is 55.5 Å². The summed E-state index contributed by atoms with van der Waals surface area (Å²) >= 11 is 0. The van der Waals surface area contributed by atoms with Crippen LogP contribution in [0.3, 0.4) is 0 Å². The number of piperazine rings is 1. The second kappa shape index (κ2) is 12.5. The van der Waals surface area contributed by atoms with Crippen molar-refractivity contribution < 1.29 is 23.5 Å². The van der Waals surface area contributed by atoms with Gasteiger partial charge in [-0.25, -0.2) is 0 Å². The number of anilines is 1. The molecule has 0 atom stereocenters. The molecular weight excluding hydrogens is 522 g/mol. The van der Waals surface area contributed by atoms with Gasteiger partial charge in [0.15, 0.2) is 5.82 Å². The summed E-state index contributed by atoms with van der Waals surface area (Å²) in [4.78, 5) is 32.2. The van der Waals surface area contributed by atoms with Gasteiger partial charge in [0, 0.05) is 43.4 Å². The lowest BCUT2D eigenvalue weighted by atomic mass is 10.1. The SMILES string of the molecule is COc1ccc(-c2ccc(N3CCN(C(=O)CN(Cc4ccco4)C(=O)c4ccccc4C)CC3)nn2)c(OC)c1. The van der Waals surface area contributed by atoms with Crippen LogP contribution < -0.4 is 14.4 Å². The molecule has 212 valence electrons. The Morgan fingerprint density at radius 2 is 1.73 bits per heavy atom. The normalized spacial score (nSPS) is 13.1. The van der Waals surface area contributed by atoms with Crippen LogP contribution in [0.15, 0.2) is 77.4 Å². The third-order valence-electron chi connectivity index (χ3n) is 7.21. The van der Waals surface area contributed by atoms with Crippen LogP contribution in [-0.2, 0) is 11.3 Å². The van der Waals surface area contributed by atoms with Crippen LogP contribution >= 0.6 is 0 Å². The van der Waals surface area contributed by atoms with Crippen LogP contribution in [0.2, 0.25) is 0 Å². The number of carbonyl (C=O) groups excluding carboxylic acids is 2. The molecule has 2 aromatic heterocycles. The Bertz CT molecular complexity index is 1480. The summed E-state index contributed by atoms with van der Waals surface area (Å²) in [7, 11) is 3.22. The number of ether oxygens (including phenoxy) is 2. The Morgan fingerprint density at radius 1 is 0.927 bits per heavy atom. The highest BCUT2D eigenvalue weighted by molar-refractivity contribution is 5.97. The minimum absolute atomic E-state index is 0.0357. The highest BCUT2D eigenvalue weighted by atomic mass is 16.5. The molecule has 10 nitrogen and oxygen atoms in total. The number of amides is 2. The lowest BCUT2D eigenvalue weighted by molar-refractivity contribution is -0.132. The predicted octanol–water partition coefficient (Wildman–Crippen LogP) is 4.05. The van der Waals surface area contributed by atoms with Crippen molar-refractivity contribution in [1.82, 2.24) is 20.0 Å². The largest absolute Gasteiger partial charge is 0.497 e. The van der Waals surface area contributed by atoms with Gasteiger partial charge in [-0.3, -0.25) is 9.59 Å². The Labute approximate surface area is 239 Å². The van der Waals surface area contributed by atoms with E-state index in [1.54, 1.807) is 48.5 Å². The first-order valence-corrected chi connectivity index (χ1v) is 13.4. The number of carbonyl (C=O) groups is 2. The molecule has 0 spiro atoms. The van der Waals surface area contributed by atoms with Crippen molar-refractivity contribution in [3.63, 3.8) is 0 Å². The number of rotatable bonds is 9. The smallest absolute Gasteiger partial charge is 0.255 e. The summed E-state index contributed by atoms with van der Waals surface area (Å²) in [5.41, 5.74) is 2.95. The van der Waals surface area contributed by atoms with Crippen LogP contribution in [-0.4, -0.2) is 78.8 Å². The summed E-state index contributed by atoms with van der Waals surface area (Å²) in [6.45, 7) is 4.32. The molecule has 2 amide bonds. The third kappa shape index (κ3) is 6.32. The summed E-state index contributed by atoms with van der Waals surface area (Å²) in [5.74, 6) is 2.41. The molecule has 1 fully saturated rings. The number of benzene rings is 2. The monoisotopic (exact) mass is 555 g/mol. The maximum Gasteiger partial charge on any atom is 0.255 e. The van der Waals surface area contributed by atoms with Gasteiger partial charge in [-0.05, 0) is 55.0 Å². The maximum absolute atomic E-state index is 13.4. The molecular formula is C31H33N5O5. The molecule has 1 aliphatic heterocycles. The van der Waals surface area contributed by atoms with Crippen LogP contribution in [0.4, 0.5) is 5.82 Å². The van der Waals surface area contributed by atoms with Gasteiger partial charge in [-0.15, -0.1) is 10.2 Å². The van der Waals surface area contributed by atoms with E-state index in [0.29, 0.717) is 54.7 Å². The molecule has 4 aromatic rings. The number of aromatic nitrogens is 2. The minimum atomic E-state index is -0.199. The third-order valence-corrected chi connectivity index (χ3v) is 7.21. The molecule has 1 saturated heterocycles. The highest BCUT2D eigenvalue weighted by Crippen LogP contribution is 2.32. The second-order valence-electron chi connectivity index (χ2n) is 9.77. The van der Waals surface area contributed by atoms with Gasteiger partial charge in [0.05, 0.1) is 32.7 Å². The van der Waals surface area contributed by atoms with Gasteiger partial charge < -0.3 is 28.6 Å². The Kier molecular flexibility index (Phi) is 8.47. The quantitative estimate of drug-likeness (QED) is 0.305. The summed E-state index contributed by atoms with van der Waals surface area (Å²) < 4.78 is 16.3. The summed E-state index contributed by atoms with van der Waals surface area (Å²) in [6.07, 6.45) is 1.57. The molecule has 1 aliphatic rings. The van der Waals surface area contributed by atoms with E-state index >= 15 is 0 Å². The molecule has 0 bridgehead atoms. The van der Waals surface area contributed by atoms with Crippen LogP contribution in [0.5, 0.6) is 11.5 Å². The van der Waals surface area contributed by atoms with Gasteiger partial charge in [-0.2, -0.15) is 0 Å². The maximum atomic E-state index is 13.4. The number of methoxy groups -OCH3 is 2. The Morgan fingerprint density at radius 3 is 2.39 bits per heavy atom. The summed E-state index contributed by atoms with van der Waals surface area (Å²) in [6, 6.07) is 20.4. The van der Waals surface area contributed by atoms with E-state index in [-0.39, 0.29) is 24.9 Å². The molecule has 0 N–H and O–H groups in total. The van der Waals surface area contributed by atoms with Crippen molar-refractivity contribution in [2.24, 2.45) is 0 Å². The fraction of sp³-hybridized carbons (Fsp3) is 0.290. The first-order valence-electron chi connectivity index (χ1n) is 13.4. The molecule has 5 rings (SSSR count). The van der Waals surface area contributed by atoms with E-state index in [2.05, 4.69) is 15.1 Å². The average molecular weight is 556 g/mol. The lowest BCUT2D eigenvalue weighted by Gasteiger charge is -2.36. The van der Waals surface area contributed by atoms with Crippen molar-refractivity contribution in [3.8, 4) is 22.8 Å². The van der Waals surface area contributed by atoms with E-state index in [4.69, 9.17) is 13.9 Å². The number of nitrogens with zero attached hydrogens (tertiary/aromatic N) is 5. The molecule has 0 saturated carbocycles. The van der Waals surface area contributed by atoms with Crippen molar-refractivity contribution in [2.75, 3.05) is 51.8 Å². The van der Waals surface area contributed by atoms with Gasteiger partial charge in [-0.1, -0.05) is 18.2 Å². The first-order chi connectivity index (χ1) is 20.0. The molecule has 41 heavy (non-hydrogen) atoms. The van der Waals surface area contributed by atoms with E-state index < -0.39 is 0 Å². The van der Waals surface area contributed by atoms with Crippen molar-refractivity contribution in [1.29, 1.82) is 0 Å². The molecule has 10 heteroatoms. The van der Waals surface area contributed by atoms with Crippen molar-refractivity contribution in [2.45, 2.75) is 13.5 Å². The number of hydrogen-bond acceptors (Lipinski definition) is 8. The van der Waals surface area contributed by atoms with Gasteiger partial charge in [0.25, 0.3) is 5.91 Å². The lowest BCUT2D eigenvalue weighted by Crippen LogP contribution is -2.52. The fourth-order valence-corrected chi connectivity index (χ4v) is 4.87. The zero-order chi connectivity index (χ0) is 28.8. The molecule has 0 unspecified atom stereocenters. The first kappa shape index (κ1) is 27.7. The van der Waals surface area contributed by atoms with E-state index in [1.165, 1.54) is 0 Å². The van der Waals surface area contributed by atoms with Gasteiger partial charge >= 0.3 is 0 Å². The number of furan rings is 1. The van der Waals surface area contributed by atoms with Crippen molar-refractivity contribution in [3.05, 3.63) is 89.9 Å². The number of hydrogen-bond donors (Lipinski definition) is 0. The average Bonchev–Trinajstić information content (AvgIpc) is 3.53. The molecule has 3 heterocycles. The van der Waals surface area contributed by atoms with Gasteiger partial charge in [0.1, 0.15) is 23.8 Å². The van der Waals surface area contributed by atoms with Gasteiger partial charge in [0.2, 0.25) is 5.91 Å². The zero-order valence-corrected chi connectivity index (χ0v) is 23.4. The number of aryl methyl sites for hydroxylation is 1. The minimum Gasteiger partial charge on any atom is -0.497 e. The van der Waals surface area contributed by atoms with Crippen LogP contribution in [0, 0.1) is 6.92 Å². The van der Waals surface area contributed by atoms with E-state index in [9.17, 15) is 9.59 Å². The highest BCUT2D eigenvalue weighted by Gasteiger charge is 2.27. The second-order valence-corrected chi connectivity index (χ2v) is 9.77. The molecule has 2 aromatic carbocycles. The standard InChI is InChI=1S/C31H33N5O5/c1-22-7-4-5-9-25(22)31(38)36(20-24-8-6-18-41-24)21-30(37)35-16-14-34(15-17-35)29-13-12-27(32-33-29)26-11-10-23(39-2)19-28(26)40-3/h4-13,18-19H,14-17,20-21H2,1-3H3. The summed E-state index contributed by atoms with van der Waals surface area (Å²) in [5, 5.41) is 8.87. The van der Waals surface area contributed by atoms with Crippen LogP contribution in [0.1, 0.15) is 21.7 Å². The van der Waals surface area contributed by atoms with Crippen molar-refractivity contribution >= 4 is 17.6 Å². The van der Waals surface area contributed by atoms with E-state index in [0.717, 1.165) is 16.9 Å². The molecule has 0 aliphatic carbocycles. The topological polar surface area (TPSA) is 101 Å². The van der Waals surface area contributed by atoms with Crippen LogP contribution in [0.25, 0.3) is 11.3 Å². The fourth-order valence-electron chi connectivity index (χ4n) is 4.87.